The molecular weight excluding hydrogens is 262 g/mol. The van der Waals surface area contributed by atoms with E-state index in [-0.39, 0.29) is 0 Å². The molecule has 1 aliphatic heterocycles. The Morgan fingerprint density at radius 1 is 1.38 bits per heavy atom. The highest BCUT2D eigenvalue weighted by Gasteiger charge is 2.15. The van der Waals surface area contributed by atoms with Crippen LogP contribution in [0, 0.1) is 12.8 Å². The van der Waals surface area contributed by atoms with Gasteiger partial charge < -0.3 is 14.8 Å². The van der Waals surface area contributed by atoms with Crippen LogP contribution in [0.3, 0.4) is 0 Å². The Morgan fingerprint density at radius 3 is 2.95 bits per heavy atom. The summed E-state index contributed by atoms with van der Waals surface area (Å²) in [5.41, 5.74) is 2.53. The van der Waals surface area contributed by atoms with Crippen molar-refractivity contribution in [2.75, 3.05) is 19.8 Å². The number of nitrogens with one attached hydrogen (secondary N) is 1. The molecule has 1 fully saturated rings. The van der Waals surface area contributed by atoms with Gasteiger partial charge in [-0.1, -0.05) is 31.5 Å². The lowest BCUT2D eigenvalue weighted by molar-refractivity contribution is 0.0902. The van der Waals surface area contributed by atoms with Crippen molar-refractivity contribution in [2.45, 2.75) is 52.7 Å². The lowest BCUT2D eigenvalue weighted by atomic mass is 10.1. The van der Waals surface area contributed by atoms with Crippen molar-refractivity contribution >= 4 is 0 Å². The quantitative estimate of drug-likeness (QED) is 0.792. The van der Waals surface area contributed by atoms with E-state index >= 15 is 0 Å². The van der Waals surface area contributed by atoms with Crippen molar-refractivity contribution in [3.8, 4) is 5.75 Å². The molecule has 0 saturated carbocycles. The monoisotopic (exact) mass is 291 g/mol. The fourth-order valence-electron chi connectivity index (χ4n) is 2.66. The second kappa shape index (κ2) is 8.40. The first-order valence-corrected chi connectivity index (χ1v) is 8.20. The molecule has 1 unspecified atom stereocenters. The standard InChI is InChI=1S/C18H29NO2/c1-14(2)12-19-13-16-11-15(3)6-7-18(16)21-10-8-17-5-4-9-20-17/h6-7,11,14,17,19H,4-5,8-10,12-13H2,1-3H3. The van der Waals surface area contributed by atoms with Gasteiger partial charge in [0.25, 0.3) is 0 Å². The van der Waals surface area contributed by atoms with Gasteiger partial charge >= 0.3 is 0 Å². The lowest BCUT2D eigenvalue weighted by Crippen LogP contribution is -2.19. The van der Waals surface area contributed by atoms with E-state index in [0.717, 1.165) is 38.5 Å². The van der Waals surface area contributed by atoms with E-state index in [4.69, 9.17) is 9.47 Å². The first-order chi connectivity index (χ1) is 10.1. The fraction of sp³-hybridized carbons (Fsp3) is 0.667. The predicted molar refractivity (Wildman–Crippen MR) is 86.8 cm³/mol. The zero-order valence-electron chi connectivity index (χ0n) is 13.7. The SMILES string of the molecule is Cc1ccc(OCCC2CCCO2)c(CNCC(C)C)c1. The summed E-state index contributed by atoms with van der Waals surface area (Å²) in [6.07, 6.45) is 3.77. The third-order valence-electron chi connectivity index (χ3n) is 3.81. The van der Waals surface area contributed by atoms with Crippen LogP contribution < -0.4 is 10.1 Å². The normalized spacial score (nSPS) is 18.4. The number of ether oxygens (including phenoxy) is 2. The summed E-state index contributed by atoms with van der Waals surface area (Å²) in [6, 6.07) is 6.43. The van der Waals surface area contributed by atoms with Crippen molar-refractivity contribution in [3.63, 3.8) is 0 Å². The highest BCUT2D eigenvalue weighted by atomic mass is 16.5. The molecule has 1 aliphatic rings. The number of rotatable bonds is 8. The van der Waals surface area contributed by atoms with Crippen LogP contribution in [-0.2, 0) is 11.3 Å². The molecule has 0 radical (unpaired) electrons. The summed E-state index contributed by atoms with van der Waals surface area (Å²) in [7, 11) is 0. The molecule has 2 rings (SSSR count). The molecule has 1 atom stereocenters. The maximum Gasteiger partial charge on any atom is 0.123 e. The van der Waals surface area contributed by atoms with Crippen molar-refractivity contribution in [3.05, 3.63) is 29.3 Å². The largest absolute Gasteiger partial charge is 0.493 e. The van der Waals surface area contributed by atoms with E-state index < -0.39 is 0 Å². The summed E-state index contributed by atoms with van der Waals surface area (Å²) in [5.74, 6) is 1.67. The van der Waals surface area contributed by atoms with E-state index in [0.29, 0.717) is 12.0 Å². The van der Waals surface area contributed by atoms with Crippen LogP contribution in [-0.4, -0.2) is 25.9 Å². The molecule has 1 aromatic carbocycles. The maximum absolute atomic E-state index is 5.99. The molecule has 21 heavy (non-hydrogen) atoms. The Hall–Kier alpha value is -1.06. The molecule has 3 nitrogen and oxygen atoms in total. The Kier molecular flexibility index (Phi) is 6.52. The summed E-state index contributed by atoms with van der Waals surface area (Å²) in [4.78, 5) is 0. The van der Waals surface area contributed by atoms with Gasteiger partial charge in [-0.3, -0.25) is 0 Å². The van der Waals surface area contributed by atoms with Crippen molar-refractivity contribution < 1.29 is 9.47 Å². The molecular formula is C18H29NO2. The second-order valence-electron chi connectivity index (χ2n) is 6.41. The average Bonchev–Trinajstić information content (AvgIpc) is 2.94. The Labute approximate surface area is 129 Å². The van der Waals surface area contributed by atoms with Crippen LogP contribution in [0.1, 0.15) is 44.2 Å². The van der Waals surface area contributed by atoms with Gasteiger partial charge in [-0.15, -0.1) is 0 Å². The van der Waals surface area contributed by atoms with Gasteiger partial charge in [-0.05, 0) is 38.3 Å². The molecule has 0 aromatic heterocycles. The molecule has 1 heterocycles. The van der Waals surface area contributed by atoms with Crippen LogP contribution in [0.2, 0.25) is 0 Å². The molecule has 0 bridgehead atoms. The first kappa shape index (κ1) is 16.3. The lowest BCUT2D eigenvalue weighted by Gasteiger charge is -2.15. The van der Waals surface area contributed by atoms with E-state index in [1.165, 1.54) is 24.0 Å². The summed E-state index contributed by atoms with van der Waals surface area (Å²) >= 11 is 0. The summed E-state index contributed by atoms with van der Waals surface area (Å²) in [5, 5.41) is 3.50. The minimum absolute atomic E-state index is 0.401. The Bertz CT molecular complexity index is 425. The third-order valence-corrected chi connectivity index (χ3v) is 3.81. The van der Waals surface area contributed by atoms with Gasteiger partial charge in [0.15, 0.2) is 0 Å². The summed E-state index contributed by atoms with van der Waals surface area (Å²) in [6.45, 7) is 10.1. The van der Waals surface area contributed by atoms with Crippen LogP contribution in [0.25, 0.3) is 0 Å². The van der Waals surface area contributed by atoms with E-state index in [2.05, 4.69) is 44.3 Å². The molecule has 1 aromatic rings. The highest BCUT2D eigenvalue weighted by Crippen LogP contribution is 2.21. The van der Waals surface area contributed by atoms with Crippen LogP contribution in [0.15, 0.2) is 18.2 Å². The average molecular weight is 291 g/mol. The number of aryl methyl sites for hydroxylation is 1. The molecule has 0 aliphatic carbocycles. The van der Waals surface area contributed by atoms with E-state index in [1.54, 1.807) is 0 Å². The number of hydrogen-bond acceptors (Lipinski definition) is 3. The van der Waals surface area contributed by atoms with Gasteiger partial charge in [-0.25, -0.2) is 0 Å². The number of benzene rings is 1. The van der Waals surface area contributed by atoms with Gasteiger partial charge in [0.1, 0.15) is 5.75 Å². The van der Waals surface area contributed by atoms with Gasteiger partial charge in [0.2, 0.25) is 0 Å². The topological polar surface area (TPSA) is 30.5 Å². The molecule has 118 valence electrons. The Morgan fingerprint density at radius 2 is 2.24 bits per heavy atom. The van der Waals surface area contributed by atoms with E-state index in [9.17, 15) is 0 Å². The summed E-state index contributed by atoms with van der Waals surface area (Å²) < 4.78 is 11.6. The maximum atomic E-state index is 5.99. The van der Waals surface area contributed by atoms with Crippen molar-refractivity contribution in [2.24, 2.45) is 5.92 Å². The molecule has 1 N–H and O–H groups in total. The second-order valence-corrected chi connectivity index (χ2v) is 6.41. The van der Waals surface area contributed by atoms with Gasteiger partial charge in [0.05, 0.1) is 12.7 Å². The molecule has 1 saturated heterocycles. The van der Waals surface area contributed by atoms with Gasteiger partial charge in [0, 0.05) is 25.1 Å². The van der Waals surface area contributed by atoms with Crippen molar-refractivity contribution in [1.82, 2.24) is 5.32 Å². The molecule has 0 spiro atoms. The zero-order chi connectivity index (χ0) is 15.1. The van der Waals surface area contributed by atoms with Crippen LogP contribution in [0.4, 0.5) is 0 Å². The Balaban J connectivity index is 1.84. The highest BCUT2D eigenvalue weighted by molar-refractivity contribution is 5.36. The number of hydrogen-bond donors (Lipinski definition) is 1. The minimum atomic E-state index is 0.401. The smallest absolute Gasteiger partial charge is 0.123 e. The van der Waals surface area contributed by atoms with Crippen molar-refractivity contribution in [1.29, 1.82) is 0 Å². The zero-order valence-corrected chi connectivity index (χ0v) is 13.7. The third kappa shape index (κ3) is 5.68. The molecule has 3 heteroatoms. The van der Waals surface area contributed by atoms with Gasteiger partial charge in [-0.2, -0.15) is 0 Å². The minimum Gasteiger partial charge on any atom is -0.493 e. The van der Waals surface area contributed by atoms with Crippen LogP contribution in [0.5, 0.6) is 5.75 Å². The van der Waals surface area contributed by atoms with Crippen LogP contribution >= 0.6 is 0 Å². The molecule has 0 amide bonds. The first-order valence-electron chi connectivity index (χ1n) is 8.20. The fourth-order valence-corrected chi connectivity index (χ4v) is 2.66. The predicted octanol–water partition coefficient (Wildman–Crippen LogP) is 3.69. The van der Waals surface area contributed by atoms with E-state index in [1.807, 2.05) is 0 Å².